The number of carbonyl (C=O) groups is 4. The summed E-state index contributed by atoms with van der Waals surface area (Å²) in [4.78, 5) is 49.3. The van der Waals surface area contributed by atoms with Crippen molar-refractivity contribution in [1.29, 1.82) is 0 Å². The summed E-state index contributed by atoms with van der Waals surface area (Å²) in [5.74, 6) is -2.87. The Hall–Kier alpha value is -2.49. The number of hydrogen-bond acceptors (Lipinski definition) is 6. The Morgan fingerprint density at radius 3 is 2.50 bits per heavy atom. The number of thioether (sulfide) groups is 1. The number of hydrogen-bond donors (Lipinski definition) is 2. The number of nitrogens with zero attached hydrogens (tertiary/aromatic N) is 1. The summed E-state index contributed by atoms with van der Waals surface area (Å²) in [5.41, 5.74) is 0.565. The number of amides is 2. The highest BCUT2D eigenvalue weighted by Crippen LogP contribution is 2.40. The molecule has 2 N–H and O–H groups in total. The van der Waals surface area contributed by atoms with Gasteiger partial charge in [-0.25, -0.2) is 4.79 Å². The lowest BCUT2D eigenvalue weighted by Crippen LogP contribution is -2.70. The fourth-order valence-corrected chi connectivity index (χ4v) is 4.84. The van der Waals surface area contributed by atoms with E-state index in [1.54, 1.807) is 30.3 Å². The second-order valence-corrected chi connectivity index (χ2v) is 8.45. The Bertz CT molecular complexity index is 974. The Labute approximate surface area is 185 Å². The minimum absolute atomic E-state index is 0.00976. The predicted molar refractivity (Wildman–Crippen MR) is 111 cm³/mol. The Morgan fingerprint density at radius 1 is 1.27 bits per heavy atom. The molecule has 2 heterocycles. The van der Waals surface area contributed by atoms with Crippen molar-refractivity contribution in [3.8, 4) is 0 Å². The third-order valence-corrected chi connectivity index (χ3v) is 6.18. The third kappa shape index (κ3) is 4.33. The van der Waals surface area contributed by atoms with E-state index < -0.39 is 35.2 Å². The normalized spacial score (nSPS) is 20.1. The molecule has 2 amide bonds. The van der Waals surface area contributed by atoms with E-state index in [1.165, 1.54) is 18.7 Å². The van der Waals surface area contributed by atoms with Crippen LogP contribution in [0, 0.1) is 0 Å². The van der Waals surface area contributed by atoms with Gasteiger partial charge in [-0.2, -0.15) is 0 Å². The molecule has 1 saturated heterocycles. The quantitative estimate of drug-likeness (QED) is 0.371. The molecule has 0 saturated carbocycles. The molecule has 1 unspecified atom stereocenters. The van der Waals surface area contributed by atoms with Gasteiger partial charge >= 0.3 is 11.9 Å². The first-order valence-corrected chi connectivity index (χ1v) is 10.5. The van der Waals surface area contributed by atoms with Crippen molar-refractivity contribution in [2.75, 3.05) is 12.4 Å². The standard InChI is InChI=1S/C19H16Cl2N2O6S/c1-9(24)29-7-11-8-30-18-13(17(26)23(18)14(11)19(27)28)22-16(25)12(15(20)21)10-5-3-2-4-6-10/h2-6,13,18H,7-8H2,1H3,(H,22,25)(H,27,28)/t13?,18-/m0/s1. The Kier molecular flexibility index (Phi) is 6.74. The number of esters is 1. The molecule has 2 aliphatic heterocycles. The summed E-state index contributed by atoms with van der Waals surface area (Å²) in [6.07, 6.45) is 0. The maximum absolute atomic E-state index is 12.8. The van der Waals surface area contributed by atoms with E-state index >= 15 is 0 Å². The second-order valence-electron chi connectivity index (χ2n) is 6.40. The van der Waals surface area contributed by atoms with Gasteiger partial charge in [0.25, 0.3) is 11.8 Å². The van der Waals surface area contributed by atoms with Gasteiger partial charge < -0.3 is 15.2 Å². The minimum Gasteiger partial charge on any atom is -0.477 e. The number of carbonyl (C=O) groups excluding carboxylic acids is 3. The van der Waals surface area contributed by atoms with Gasteiger partial charge in [0.15, 0.2) is 0 Å². The van der Waals surface area contributed by atoms with E-state index in [1.807, 2.05) is 0 Å². The average molecular weight is 471 g/mol. The van der Waals surface area contributed by atoms with Crippen LogP contribution in [0.2, 0.25) is 0 Å². The molecule has 2 atom stereocenters. The third-order valence-electron chi connectivity index (χ3n) is 4.46. The van der Waals surface area contributed by atoms with Crippen LogP contribution in [0.5, 0.6) is 0 Å². The van der Waals surface area contributed by atoms with E-state index in [-0.39, 0.29) is 28.1 Å². The van der Waals surface area contributed by atoms with Gasteiger partial charge in [-0.15, -0.1) is 11.8 Å². The Morgan fingerprint density at radius 2 is 1.93 bits per heavy atom. The van der Waals surface area contributed by atoms with Gasteiger partial charge in [0.2, 0.25) is 0 Å². The maximum Gasteiger partial charge on any atom is 0.352 e. The largest absolute Gasteiger partial charge is 0.477 e. The molecule has 0 radical (unpaired) electrons. The van der Waals surface area contributed by atoms with Crippen LogP contribution in [0.1, 0.15) is 12.5 Å². The molecule has 2 aliphatic rings. The van der Waals surface area contributed by atoms with Crippen LogP contribution in [-0.4, -0.2) is 57.5 Å². The zero-order valence-corrected chi connectivity index (χ0v) is 17.9. The van der Waals surface area contributed by atoms with Crippen LogP contribution in [0.15, 0.2) is 46.1 Å². The molecule has 11 heteroatoms. The first kappa shape index (κ1) is 22.2. The fraction of sp³-hybridized carbons (Fsp3) is 0.263. The van der Waals surface area contributed by atoms with Crippen molar-refractivity contribution < 1.29 is 29.0 Å². The molecule has 30 heavy (non-hydrogen) atoms. The average Bonchev–Trinajstić information content (AvgIpc) is 2.70. The number of aliphatic carboxylic acids is 1. The van der Waals surface area contributed by atoms with E-state index in [2.05, 4.69) is 5.32 Å². The number of β-lactam (4-membered cyclic amide) rings is 1. The van der Waals surface area contributed by atoms with Crippen LogP contribution in [0.25, 0.3) is 5.57 Å². The van der Waals surface area contributed by atoms with Crippen molar-refractivity contribution in [1.82, 2.24) is 10.2 Å². The molecule has 158 valence electrons. The van der Waals surface area contributed by atoms with Crippen LogP contribution in [0.3, 0.4) is 0 Å². The number of halogens is 2. The molecule has 0 spiro atoms. The zero-order valence-electron chi connectivity index (χ0n) is 15.6. The molecule has 1 fully saturated rings. The number of benzene rings is 1. The maximum atomic E-state index is 12.8. The number of carboxylic acid groups (broad SMARTS) is 1. The first-order chi connectivity index (χ1) is 14.2. The highest BCUT2D eigenvalue weighted by molar-refractivity contribution is 8.00. The molecule has 0 aliphatic carbocycles. The SMILES string of the molecule is CC(=O)OCC1=C(C(=O)O)N2C(=O)C(NC(=O)C(=C(Cl)Cl)c3ccccc3)[C@@H]2SC1. The number of ether oxygens (including phenoxy) is 1. The van der Waals surface area contributed by atoms with E-state index in [0.717, 1.165) is 4.90 Å². The van der Waals surface area contributed by atoms with E-state index in [4.69, 9.17) is 27.9 Å². The van der Waals surface area contributed by atoms with Gasteiger partial charge in [-0.05, 0) is 5.56 Å². The van der Waals surface area contributed by atoms with E-state index in [0.29, 0.717) is 11.1 Å². The van der Waals surface area contributed by atoms with Gasteiger partial charge in [0.05, 0.1) is 5.57 Å². The van der Waals surface area contributed by atoms with E-state index in [9.17, 15) is 24.3 Å². The molecule has 1 aromatic rings. The number of rotatable bonds is 6. The summed E-state index contributed by atoms with van der Waals surface area (Å²) in [6, 6.07) is 7.54. The number of carboxylic acids is 1. The molecule has 8 nitrogen and oxygen atoms in total. The topological polar surface area (TPSA) is 113 Å². The van der Waals surface area contributed by atoms with Crippen LogP contribution < -0.4 is 5.32 Å². The van der Waals surface area contributed by atoms with Crippen molar-refractivity contribution in [3.05, 3.63) is 51.7 Å². The minimum atomic E-state index is -1.31. The van der Waals surface area contributed by atoms with Crippen LogP contribution >= 0.6 is 35.0 Å². The van der Waals surface area contributed by atoms with Gasteiger partial charge in [-0.1, -0.05) is 53.5 Å². The second kappa shape index (κ2) is 9.11. The summed E-state index contributed by atoms with van der Waals surface area (Å²) < 4.78 is 4.63. The number of fused-ring (bicyclic) bond motifs is 1. The smallest absolute Gasteiger partial charge is 0.352 e. The van der Waals surface area contributed by atoms with Crippen molar-refractivity contribution in [2.24, 2.45) is 0 Å². The summed E-state index contributed by atoms with van der Waals surface area (Å²) in [7, 11) is 0. The molecular formula is C19H16Cl2N2O6S. The van der Waals surface area contributed by atoms with Gasteiger partial charge in [0, 0.05) is 18.2 Å². The lowest BCUT2D eigenvalue weighted by molar-refractivity contribution is -0.150. The fourth-order valence-electron chi connectivity index (χ4n) is 3.13. The molecule has 0 bridgehead atoms. The monoisotopic (exact) mass is 470 g/mol. The zero-order chi connectivity index (χ0) is 22.0. The summed E-state index contributed by atoms with van der Waals surface area (Å²) in [6.45, 7) is 0.986. The van der Waals surface area contributed by atoms with Crippen LogP contribution in [0.4, 0.5) is 0 Å². The van der Waals surface area contributed by atoms with Crippen molar-refractivity contribution in [2.45, 2.75) is 18.3 Å². The predicted octanol–water partition coefficient (Wildman–Crippen LogP) is 2.13. The highest BCUT2D eigenvalue weighted by Gasteiger charge is 2.54. The first-order valence-electron chi connectivity index (χ1n) is 8.67. The lowest BCUT2D eigenvalue weighted by Gasteiger charge is -2.49. The molecule has 1 aromatic carbocycles. The van der Waals surface area contributed by atoms with Crippen molar-refractivity contribution >= 4 is 64.3 Å². The number of nitrogens with one attached hydrogen (secondary N) is 1. The summed E-state index contributed by atoms with van der Waals surface area (Å²) in [5, 5.41) is 11.5. The molecular weight excluding hydrogens is 455 g/mol. The molecule has 0 aromatic heterocycles. The Balaban J connectivity index is 1.79. The van der Waals surface area contributed by atoms with Gasteiger partial charge in [0.1, 0.15) is 28.2 Å². The molecule has 3 rings (SSSR count). The van der Waals surface area contributed by atoms with Crippen molar-refractivity contribution in [3.63, 3.8) is 0 Å². The lowest BCUT2D eigenvalue weighted by atomic mass is 10.0. The van der Waals surface area contributed by atoms with Crippen LogP contribution in [-0.2, 0) is 23.9 Å². The summed E-state index contributed by atoms with van der Waals surface area (Å²) >= 11 is 13.0. The highest BCUT2D eigenvalue weighted by atomic mass is 35.5. The van der Waals surface area contributed by atoms with Gasteiger partial charge in [-0.3, -0.25) is 19.3 Å².